The zero-order chi connectivity index (χ0) is 15.1. The van der Waals surface area contributed by atoms with Gasteiger partial charge >= 0.3 is 0 Å². The first-order valence-electron chi connectivity index (χ1n) is 7.34. The van der Waals surface area contributed by atoms with Gasteiger partial charge in [-0.3, -0.25) is 4.79 Å². The van der Waals surface area contributed by atoms with E-state index in [0.717, 1.165) is 30.0 Å². The Morgan fingerprint density at radius 1 is 1.24 bits per heavy atom. The number of carbonyl (C=O) groups is 1. The summed E-state index contributed by atoms with van der Waals surface area (Å²) in [7, 11) is 0. The minimum atomic E-state index is 0.136. The van der Waals surface area contributed by atoms with E-state index in [2.05, 4.69) is 6.92 Å². The standard InChI is InChI=1S/C17H22N2O2/c1-2-11-19(13-14-6-3-4-8-16(14)18)17(20)10-9-15-7-5-12-21-15/h3-8,12H,2,9-11,13,18H2,1H3. The second kappa shape index (κ2) is 7.53. The quantitative estimate of drug-likeness (QED) is 0.795. The molecule has 0 fully saturated rings. The van der Waals surface area contributed by atoms with E-state index in [1.54, 1.807) is 6.26 Å². The predicted molar refractivity (Wildman–Crippen MR) is 83.6 cm³/mol. The zero-order valence-electron chi connectivity index (χ0n) is 12.4. The summed E-state index contributed by atoms with van der Waals surface area (Å²) in [5.41, 5.74) is 7.69. The van der Waals surface area contributed by atoms with Crippen LogP contribution in [-0.4, -0.2) is 17.4 Å². The van der Waals surface area contributed by atoms with Crippen molar-refractivity contribution in [3.05, 3.63) is 54.0 Å². The van der Waals surface area contributed by atoms with Gasteiger partial charge in [-0.15, -0.1) is 0 Å². The molecule has 0 unspecified atom stereocenters. The van der Waals surface area contributed by atoms with Gasteiger partial charge in [0.05, 0.1) is 6.26 Å². The number of carbonyl (C=O) groups excluding carboxylic acids is 1. The summed E-state index contributed by atoms with van der Waals surface area (Å²) < 4.78 is 5.27. The highest BCUT2D eigenvalue weighted by Gasteiger charge is 2.14. The smallest absolute Gasteiger partial charge is 0.223 e. The summed E-state index contributed by atoms with van der Waals surface area (Å²) >= 11 is 0. The van der Waals surface area contributed by atoms with Crippen molar-refractivity contribution in [2.45, 2.75) is 32.7 Å². The number of furan rings is 1. The predicted octanol–water partition coefficient (Wildman–Crippen LogP) is 3.23. The van der Waals surface area contributed by atoms with Gasteiger partial charge in [-0.25, -0.2) is 0 Å². The van der Waals surface area contributed by atoms with Crippen LogP contribution in [0.15, 0.2) is 47.1 Å². The largest absolute Gasteiger partial charge is 0.469 e. The second-order valence-electron chi connectivity index (χ2n) is 5.09. The Kier molecular flexibility index (Phi) is 5.43. The van der Waals surface area contributed by atoms with Crippen molar-refractivity contribution in [2.24, 2.45) is 0 Å². The fourth-order valence-corrected chi connectivity index (χ4v) is 2.29. The monoisotopic (exact) mass is 286 g/mol. The summed E-state index contributed by atoms with van der Waals surface area (Å²) in [5.74, 6) is 0.982. The molecule has 0 aliphatic heterocycles. The first-order valence-corrected chi connectivity index (χ1v) is 7.34. The van der Waals surface area contributed by atoms with Crippen LogP contribution < -0.4 is 5.73 Å². The highest BCUT2D eigenvalue weighted by atomic mass is 16.3. The van der Waals surface area contributed by atoms with E-state index in [1.807, 2.05) is 41.3 Å². The van der Waals surface area contributed by atoms with Crippen LogP contribution in [-0.2, 0) is 17.8 Å². The fraction of sp³-hybridized carbons (Fsp3) is 0.353. The number of rotatable bonds is 7. The van der Waals surface area contributed by atoms with E-state index in [4.69, 9.17) is 10.2 Å². The van der Waals surface area contributed by atoms with E-state index in [-0.39, 0.29) is 5.91 Å². The van der Waals surface area contributed by atoms with Crippen molar-refractivity contribution < 1.29 is 9.21 Å². The molecular weight excluding hydrogens is 264 g/mol. The maximum absolute atomic E-state index is 12.4. The molecule has 0 saturated carbocycles. The number of nitrogens with two attached hydrogens (primary N) is 1. The van der Waals surface area contributed by atoms with Gasteiger partial charge in [-0.1, -0.05) is 25.1 Å². The van der Waals surface area contributed by atoms with Gasteiger partial charge in [0.15, 0.2) is 0 Å². The molecule has 0 radical (unpaired) electrons. The summed E-state index contributed by atoms with van der Waals surface area (Å²) in [6.07, 6.45) is 3.66. The van der Waals surface area contributed by atoms with Gasteiger partial charge in [0.1, 0.15) is 5.76 Å². The maximum atomic E-state index is 12.4. The number of hydrogen-bond acceptors (Lipinski definition) is 3. The summed E-state index contributed by atoms with van der Waals surface area (Å²) in [6, 6.07) is 11.4. The van der Waals surface area contributed by atoms with E-state index in [9.17, 15) is 4.79 Å². The molecule has 1 heterocycles. The van der Waals surface area contributed by atoms with Crippen molar-refractivity contribution in [3.8, 4) is 0 Å². The van der Waals surface area contributed by atoms with Crippen molar-refractivity contribution in [3.63, 3.8) is 0 Å². The van der Waals surface area contributed by atoms with Gasteiger partial charge in [-0.2, -0.15) is 0 Å². The lowest BCUT2D eigenvalue weighted by molar-refractivity contribution is -0.131. The third kappa shape index (κ3) is 4.38. The van der Waals surface area contributed by atoms with Crippen LogP contribution in [0.1, 0.15) is 31.1 Å². The topological polar surface area (TPSA) is 59.5 Å². The number of nitrogen functional groups attached to an aromatic ring is 1. The Bertz CT molecular complexity index is 564. The third-order valence-electron chi connectivity index (χ3n) is 3.43. The molecule has 0 aliphatic rings. The lowest BCUT2D eigenvalue weighted by atomic mass is 10.1. The number of para-hydroxylation sites is 1. The Morgan fingerprint density at radius 2 is 2.05 bits per heavy atom. The molecule has 0 aliphatic carbocycles. The van der Waals surface area contributed by atoms with Crippen LogP contribution in [0.4, 0.5) is 5.69 Å². The number of anilines is 1. The normalized spacial score (nSPS) is 10.5. The molecule has 1 aromatic carbocycles. The zero-order valence-corrected chi connectivity index (χ0v) is 12.4. The molecule has 1 amide bonds. The van der Waals surface area contributed by atoms with Crippen LogP contribution in [0.2, 0.25) is 0 Å². The average Bonchev–Trinajstić information content (AvgIpc) is 3.00. The van der Waals surface area contributed by atoms with E-state index in [0.29, 0.717) is 19.4 Å². The number of nitrogens with zero attached hydrogens (tertiary/aromatic N) is 1. The summed E-state index contributed by atoms with van der Waals surface area (Å²) in [4.78, 5) is 14.3. The van der Waals surface area contributed by atoms with Gasteiger partial charge in [0.25, 0.3) is 0 Å². The minimum absolute atomic E-state index is 0.136. The Hall–Kier alpha value is -2.23. The molecule has 4 nitrogen and oxygen atoms in total. The molecule has 2 N–H and O–H groups in total. The fourth-order valence-electron chi connectivity index (χ4n) is 2.29. The van der Waals surface area contributed by atoms with Crippen molar-refractivity contribution in [2.75, 3.05) is 12.3 Å². The highest BCUT2D eigenvalue weighted by Crippen LogP contribution is 2.15. The first-order chi connectivity index (χ1) is 10.2. The molecule has 0 spiro atoms. The second-order valence-corrected chi connectivity index (χ2v) is 5.09. The first kappa shape index (κ1) is 15.2. The molecule has 2 aromatic rings. The minimum Gasteiger partial charge on any atom is -0.469 e. The van der Waals surface area contributed by atoms with Crippen LogP contribution >= 0.6 is 0 Å². The summed E-state index contributed by atoms with van der Waals surface area (Å²) in [6.45, 7) is 3.38. The van der Waals surface area contributed by atoms with Crippen molar-refractivity contribution in [1.29, 1.82) is 0 Å². The lowest BCUT2D eigenvalue weighted by Gasteiger charge is -2.23. The number of benzene rings is 1. The number of aryl methyl sites for hydroxylation is 1. The Labute approximate surface area is 125 Å². The maximum Gasteiger partial charge on any atom is 0.223 e. The van der Waals surface area contributed by atoms with Gasteiger partial charge in [-0.05, 0) is 30.2 Å². The number of amides is 1. The molecule has 0 atom stereocenters. The van der Waals surface area contributed by atoms with E-state index in [1.165, 1.54) is 0 Å². The van der Waals surface area contributed by atoms with Gasteiger partial charge < -0.3 is 15.1 Å². The molecule has 4 heteroatoms. The van der Waals surface area contributed by atoms with Crippen molar-refractivity contribution in [1.82, 2.24) is 4.90 Å². The van der Waals surface area contributed by atoms with Crippen LogP contribution in [0.5, 0.6) is 0 Å². The lowest BCUT2D eigenvalue weighted by Crippen LogP contribution is -2.31. The molecule has 112 valence electrons. The van der Waals surface area contributed by atoms with Crippen molar-refractivity contribution >= 4 is 11.6 Å². The SMILES string of the molecule is CCCN(Cc1ccccc1N)C(=O)CCc1ccco1. The average molecular weight is 286 g/mol. The number of hydrogen-bond donors (Lipinski definition) is 1. The molecular formula is C17H22N2O2. The molecule has 1 aromatic heterocycles. The van der Waals surface area contributed by atoms with E-state index < -0.39 is 0 Å². The molecule has 21 heavy (non-hydrogen) atoms. The van der Waals surface area contributed by atoms with Crippen LogP contribution in [0, 0.1) is 0 Å². The molecule has 0 bridgehead atoms. The third-order valence-corrected chi connectivity index (χ3v) is 3.43. The van der Waals surface area contributed by atoms with Crippen LogP contribution in [0.3, 0.4) is 0 Å². The molecule has 0 saturated heterocycles. The Morgan fingerprint density at radius 3 is 2.71 bits per heavy atom. The van der Waals surface area contributed by atoms with Gasteiger partial charge in [0, 0.05) is 31.6 Å². The Balaban J connectivity index is 1.97. The summed E-state index contributed by atoms with van der Waals surface area (Å²) in [5, 5.41) is 0. The highest BCUT2D eigenvalue weighted by molar-refractivity contribution is 5.76. The van der Waals surface area contributed by atoms with Gasteiger partial charge in [0.2, 0.25) is 5.91 Å². The van der Waals surface area contributed by atoms with E-state index >= 15 is 0 Å². The van der Waals surface area contributed by atoms with Crippen LogP contribution in [0.25, 0.3) is 0 Å². The molecule has 2 rings (SSSR count).